The molecule has 2 aliphatic rings. The fraction of sp³-hybridized carbons (Fsp3) is 0.700. The van der Waals surface area contributed by atoms with Gasteiger partial charge < -0.3 is 0 Å². The lowest BCUT2D eigenvalue weighted by Gasteiger charge is -2.21. The van der Waals surface area contributed by atoms with Crippen molar-refractivity contribution in [3.05, 3.63) is 0 Å². The van der Waals surface area contributed by atoms with E-state index in [4.69, 9.17) is 0 Å². The van der Waals surface area contributed by atoms with Crippen molar-refractivity contribution in [3.63, 3.8) is 0 Å². The Bertz CT molecular complexity index is 338. The van der Waals surface area contributed by atoms with E-state index < -0.39 is 17.8 Å². The number of imide groups is 2. The third-order valence-corrected chi connectivity index (χ3v) is 2.99. The van der Waals surface area contributed by atoms with Crippen molar-refractivity contribution < 1.29 is 14.4 Å². The molecule has 1 saturated heterocycles. The fourth-order valence-electron chi connectivity index (χ4n) is 1.90. The molecular formula is C10H15N3O3. The Morgan fingerprint density at radius 3 is 2.50 bits per heavy atom. The Labute approximate surface area is 93.6 Å². The summed E-state index contributed by atoms with van der Waals surface area (Å²) >= 11 is 0. The maximum atomic E-state index is 11.3. The van der Waals surface area contributed by atoms with E-state index in [9.17, 15) is 14.4 Å². The number of amides is 4. The van der Waals surface area contributed by atoms with Crippen molar-refractivity contribution in [2.24, 2.45) is 0 Å². The number of hydrogen-bond donors (Lipinski definition) is 1. The molecule has 0 bridgehead atoms. The second kappa shape index (κ2) is 4.21. The number of carbonyl (C=O) groups is 3. The van der Waals surface area contributed by atoms with Crippen molar-refractivity contribution in [2.75, 3.05) is 19.6 Å². The maximum Gasteiger partial charge on any atom is 0.331 e. The first-order valence-electron chi connectivity index (χ1n) is 5.54. The van der Waals surface area contributed by atoms with Gasteiger partial charge in [0, 0.05) is 19.1 Å². The molecule has 0 aromatic rings. The molecule has 0 aromatic heterocycles. The van der Waals surface area contributed by atoms with E-state index >= 15 is 0 Å². The van der Waals surface area contributed by atoms with Gasteiger partial charge in [0.15, 0.2) is 0 Å². The highest BCUT2D eigenvalue weighted by molar-refractivity contribution is 6.44. The molecular weight excluding hydrogens is 210 g/mol. The molecule has 2 rings (SSSR count). The molecule has 6 heteroatoms. The average molecular weight is 225 g/mol. The number of likely N-dealkylation sites (N-methyl/N-ethyl adjacent to an activating group) is 1. The summed E-state index contributed by atoms with van der Waals surface area (Å²) in [5, 5.41) is 1.98. The van der Waals surface area contributed by atoms with Crippen LogP contribution in [0.4, 0.5) is 4.79 Å². The van der Waals surface area contributed by atoms with Crippen molar-refractivity contribution in [2.45, 2.75) is 25.8 Å². The molecule has 0 aromatic carbocycles. The van der Waals surface area contributed by atoms with Gasteiger partial charge in [-0.15, -0.1) is 0 Å². The normalized spacial score (nSPS) is 20.9. The summed E-state index contributed by atoms with van der Waals surface area (Å²) in [5.74, 6) is -1.56. The fourth-order valence-corrected chi connectivity index (χ4v) is 1.90. The highest BCUT2D eigenvalue weighted by Gasteiger charge is 2.37. The van der Waals surface area contributed by atoms with Crippen LogP contribution in [-0.4, -0.2) is 53.3 Å². The van der Waals surface area contributed by atoms with Crippen LogP contribution in [0.2, 0.25) is 0 Å². The van der Waals surface area contributed by atoms with Crippen LogP contribution in [-0.2, 0) is 9.59 Å². The molecule has 88 valence electrons. The standard InChI is InChI=1S/C10H15N3O3/c1-2-12(7-3-4-7)5-6-13-9(15)8(14)11-10(13)16/h7H,2-6H2,1H3,(H,11,14,16). The average Bonchev–Trinajstić information content (AvgIpc) is 3.03. The monoisotopic (exact) mass is 225 g/mol. The Hall–Kier alpha value is -1.43. The second-order valence-electron chi connectivity index (χ2n) is 4.08. The first-order chi connectivity index (χ1) is 7.63. The number of nitrogens with zero attached hydrogens (tertiary/aromatic N) is 2. The molecule has 2 fully saturated rings. The molecule has 1 heterocycles. The number of urea groups is 1. The summed E-state index contributed by atoms with van der Waals surface area (Å²) in [7, 11) is 0. The summed E-state index contributed by atoms with van der Waals surface area (Å²) in [4.78, 5) is 36.6. The molecule has 1 aliphatic carbocycles. The molecule has 1 saturated carbocycles. The van der Waals surface area contributed by atoms with Crippen LogP contribution in [0, 0.1) is 0 Å². The molecule has 0 unspecified atom stereocenters. The van der Waals surface area contributed by atoms with Crippen LogP contribution in [0.3, 0.4) is 0 Å². The zero-order chi connectivity index (χ0) is 11.7. The molecule has 0 atom stereocenters. The third kappa shape index (κ3) is 2.06. The van der Waals surface area contributed by atoms with Gasteiger partial charge >= 0.3 is 17.8 Å². The van der Waals surface area contributed by atoms with Gasteiger partial charge in [-0.25, -0.2) is 4.79 Å². The van der Waals surface area contributed by atoms with Crippen molar-refractivity contribution >= 4 is 17.8 Å². The number of nitrogens with one attached hydrogen (secondary N) is 1. The Balaban J connectivity index is 1.87. The summed E-state index contributed by atoms with van der Waals surface area (Å²) in [6, 6.07) is 0.00307. The van der Waals surface area contributed by atoms with E-state index in [0.717, 1.165) is 11.4 Å². The van der Waals surface area contributed by atoms with Crippen LogP contribution in [0.1, 0.15) is 19.8 Å². The Kier molecular flexibility index (Phi) is 2.91. The van der Waals surface area contributed by atoms with Crippen LogP contribution in [0.15, 0.2) is 0 Å². The molecule has 1 N–H and O–H groups in total. The Morgan fingerprint density at radius 1 is 1.38 bits per heavy atom. The minimum atomic E-state index is -0.820. The summed E-state index contributed by atoms with van der Waals surface area (Å²) in [6.45, 7) is 3.89. The number of hydrogen-bond acceptors (Lipinski definition) is 4. The highest BCUT2D eigenvalue weighted by atomic mass is 16.2. The van der Waals surface area contributed by atoms with Gasteiger partial charge in [0.1, 0.15) is 0 Å². The summed E-state index contributed by atoms with van der Waals surface area (Å²) in [6.07, 6.45) is 2.37. The molecule has 1 aliphatic heterocycles. The van der Waals surface area contributed by atoms with E-state index in [1.807, 2.05) is 5.32 Å². The maximum absolute atomic E-state index is 11.3. The van der Waals surface area contributed by atoms with Gasteiger partial charge in [-0.05, 0) is 19.4 Å². The second-order valence-corrected chi connectivity index (χ2v) is 4.08. The van der Waals surface area contributed by atoms with Crippen LogP contribution < -0.4 is 5.32 Å². The van der Waals surface area contributed by atoms with E-state index in [-0.39, 0.29) is 0 Å². The van der Waals surface area contributed by atoms with E-state index in [1.165, 1.54) is 12.8 Å². The van der Waals surface area contributed by atoms with E-state index in [2.05, 4.69) is 11.8 Å². The molecule has 0 radical (unpaired) electrons. The SMILES string of the molecule is CCN(CCN1C(=O)NC(=O)C1=O)C1CC1. The lowest BCUT2D eigenvalue weighted by molar-refractivity contribution is -0.140. The van der Waals surface area contributed by atoms with Gasteiger partial charge in [0.2, 0.25) is 0 Å². The summed E-state index contributed by atoms with van der Waals surface area (Å²) < 4.78 is 0. The molecule has 6 nitrogen and oxygen atoms in total. The third-order valence-electron chi connectivity index (χ3n) is 2.99. The predicted octanol–water partition coefficient (Wildman–Crippen LogP) is -0.451. The first kappa shape index (κ1) is 11.1. The molecule has 4 amide bonds. The zero-order valence-electron chi connectivity index (χ0n) is 9.23. The van der Waals surface area contributed by atoms with E-state index in [0.29, 0.717) is 19.1 Å². The quantitative estimate of drug-likeness (QED) is 0.508. The van der Waals surface area contributed by atoms with Crippen LogP contribution >= 0.6 is 0 Å². The van der Waals surface area contributed by atoms with Crippen molar-refractivity contribution in [3.8, 4) is 0 Å². The van der Waals surface area contributed by atoms with Crippen LogP contribution in [0.25, 0.3) is 0 Å². The van der Waals surface area contributed by atoms with Gasteiger partial charge in [-0.2, -0.15) is 0 Å². The van der Waals surface area contributed by atoms with Gasteiger partial charge in [0.25, 0.3) is 0 Å². The van der Waals surface area contributed by atoms with E-state index in [1.54, 1.807) is 0 Å². The van der Waals surface area contributed by atoms with Crippen molar-refractivity contribution in [1.82, 2.24) is 15.1 Å². The highest BCUT2D eigenvalue weighted by Crippen LogP contribution is 2.26. The topological polar surface area (TPSA) is 69.7 Å². The smallest absolute Gasteiger partial charge is 0.299 e. The molecule has 0 spiro atoms. The lowest BCUT2D eigenvalue weighted by atomic mass is 10.4. The minimum absolute atomic E-state index is 0.292. The van der Waals surface area contributed by atoms with Gasteiger partial charge in [-0.1, -0.05) is 6.92 Å². The lowest BCUT2D eigenvalue weighted by Crippen LogP contribution is -2.39. The van der Waals surface area contributed by atoms with Gasteiger partial charge in [-0.3, -0.25) is 24.7 Å². The number of carbonyl (C=O) groups excluding carboxylic acids is 3. The molecule has 16 heavy (non-hydrogen) atoms. The summed E-state index contributed by atoms with van der Waals surface area (Å²) in [5.41, 5.74) is 0. The largest absolute Gasteiger partial charge is 0.331 e. The predicted molar refractivity (Wildman–Crippen MR) is 55.5 cm³/mol. The Morgan fingerprint density at radius 2 is 2.06 bits per heavy atom. The zero-order valence-corrected chi connectivity index (χ0v) is 9.23. The number of rotatable bonds is 5. The minimum Gasteiger partial charge on any atom is -0.299 e. The van der Waals surface area contributed by atoms with Crippen molar-refractivity contribution in [1.29, 1.82) is 0 Å². The van der Waals surface area contributed by atoms with Crippen LogP contribution in [0.5, 0.6) is 0 Å². The van der Waals surface area contributed by atoms with Gasteiger partial charge in [0.05, 0.1) is 0 Å². The first-order valence-corrected chi connectivity index (χ1v) is 5.54.